The number of anilines is 1. The second-order valence-corrected chi connectivity index (χ2v) is 5.46. The maximum Gasteiger partial charge on any atom is 0.124 e. The van der Waals surface area contributed by atoms with Crippen LogP contribution < -0.4 is 5.32 Å². The largest absolute Gasteiger partial charge is 0.381 e. The van der Waals surface area contributed by atoms with Gasteiger partial charge in [-0.3, -0.25) is 0 Å². The molecule has 0 aliphatic heterocycles. The zero-order valence-electron chi connectivity index (χ0n) is 9.47. The van der Waals surface area contributed by atoms with Gasteiger partial charge in [-0.05, 0) is 59.8 Å². The Bertz CT molecular complexity index is 361. The molecule has 1 atom stereocenters. The highest BCUT2D eigenvalue weighted by molar-refractivity contribution is 9.10. The fourth-order valence-corrected chi connectivity index (χ4v) is 2.89. The quantitative estimate of drug-likeness (QED) is 0.857. The van der Waals surface area contributed by atoms with Crippen molar-refractivity contribution in [2.45, 2.75) is 38.6 Å². The van der Waals surface area contributed by atoms with Gasteiger partial charge in [0.2, 0.25) is 0 Å². The third kappa shape index (κ3) is 2.76. The molecule has 0 bridgehead atoms. The summed E-state index contributed by atoms with van der Waals surface area (Å²) < 4.78 is 13.7. The van der Waals surface area contributed by atoms with Crippen LogP contribution in [-0.4, -0.2) is 6.04 Å². The molecule has 1 aromatic rings. The Balaban J connectivity index is 2.02. The van der Waals surface area contributed by atoms with Gasteiger partial charge in [0.1, 0.15) is 5.82 Å². The van der Waals surface area contributed by atoms with E-state index < -0.39 is 0 Å². The molecule has 1 aliphatic carbocycles. The molecule has 1 nitrogen and oxygen atoms in total. The smallest absolute Gasteiger partial charge is 0.124 e. The van der Waals surface area contributed by atoms with Crippen LogP contribution >= 0.6 is 15.9 Å². The van der Waals surface area contributed by atoms with E-state index in [9.17, 15) is 4.39 Å². The lowest BCUT2D eigenvalue weighted by Crippen LogP contribution is -2.23. The number of hydrogen-bond donors (Lipinski definition) is 1. The number of rotatable bonds is 3. The van der Waals surface area contributed by atoms with Gasteiger partial charge in [-0.25, -0.2) is 4.39 Å². The van der Waals surface area contributed by atoms with Crippen LogP contribution in [0.15, 0.2) is 22.7 Å². The van der Waals surface area contributed by atoms with E-state index in [1.807, 2.05) is 0 Å². The summed E-state index contributed by atoms with van der Waals surface area (Å²) >= 11 is 3.38. The van der Waals surface area contributed by atoms with Crippen LogP contribution in [-0.2, 0) is 0 Å². The van der Waals surface area contributed by atoms with Crippen LogP contribution in [0.25, 0.3) is 0 Å². The van der Waals surface area contributed by atoms with Crippen molar-refractivity contribution in [3.05, 3.63) is 28.5 Å². The Morgan fingerprint density at radius 1 is 1.38 bits per heavy atom. The molecule has 2 rings (SSSR count). The lowest BCUT2D eigenvalue weighted by atomic mass is 9.99. The first-order valence-electron chi connectivity index (χ1n) is 5.88. The Hall–Kier alpha value is -0.570. The van der Waals surface area contributed by atoms with Gasteiger partial charge in [0, 0.05) is 16.2 Å². The van der Waals surface area contributed by atoms with Crippen molar-refractivity contribution in [3.8, 4) is 0 Å². The molecule has 1 aliphatic rings. The number of halogens is 2. The molecule has 1 fully saturated rings. The molecule has 88 valence electrons. The molecular formula is C13H17BrFN. The summed E-state index contributed by atoms with van der Waals surface area (Å²) in [5, 5.41) is 3.47. The molecule has 0 aromatic heterocycles. The van der Waals surface area contributed by atoms with E-state index in [-0.39, 0.29) is 5.82 Å². The van der Waals surface area contributed by atoms with Crippen LogP contribution in [0.4, 0.5) is 10.1 Å². The van der Waals surface area contributed by atoms with Crippen LogP contribution in [0.3, 0.4) is 0 Å². The molecule has 1 unspecified atom stereocenters. The third-order valence-corrected chi connectivity index (χ3v) is 4.08. The Morgan fingerprint density at radius 2 is 2.06 bits per heavy atom. The van der Waals surface area contributed by atoms with Crippen molar-refractivity contribution in [1.29, 1.82) is 0 Å². The molecule has 1 saturated carbocycles. The molecule has 0 amide bonds. The fourth-order valence-electron chi connectivity index (χ4n) is 2.43. The first kappa shape index (κ1) is 11.9. The highest BCUT2D eigenvalue weighted by Gasteiger charge is 2.21. The number of hydrogen-bond acceptors (Lipinski definition) is 1. The fraction of sp³-hybridized carbons (Fsp3) is 0.538. The third-order valence-electron chi connectivity index (χ3n) is 3.42. The van der Waals surface area contributed by atoms with Crippen LogP contribution in [0.1, 0.15) is 32.6 Å². The monoisotopic (exact) mass is 285 g/mol. The SMILES string of the molecule is CC(Nc1ccc(F)cc1Br)C1CCCC1. The van der Waals surface area contributed by atoms with Crippen molar-refractivity contribution in [2.24, 2.45) is 5.92 Å². The summed E-state index contributed by atoms with van der Waals surface area (Å²) in [7, 11) is 0. The summed E-state index contributed by atoms with van der Waals surface area (Å²) in [6.07, 6.45) is 5.32. The summed E-state index contributed by atoms with van der Waals surface area (Å²) in [6, 6.07) is 5.26. The van der Waals surface area contributed by atoms with Crippen molar-refractivity contribution in [1.82, 2.24) is 0 Å². The van der Waals surface area contributed by atoms with Gasteiger partial charge in [-0.15, -0.1) is 0 Å². The van der Waals surface area contributed by atoms with Crippen molar-refractivity contribution < 1.29 is 4.39 Å². The summed E-state index contributed by atoms with van der Waals surface area (Å²) in [5.41, 5.74) is 0.987. The van der Waals surface area contributed by atoms with E-state index in [2.05, 4.69) is 28.2 Å². The van der Waals surface area contributed by atoms with Gasteiger partial charge in [-0.2, -0.15) is 0 Å². The minimum absolute atomic E-state index is 0.203. The maximum absolute atomic E-state index is 12.9. The normalized spacial score (nSPS) is 18.7. The van der Waals surface area contributed by atoms with Crippen molar-refractivity contribution in [3.63, 3.8) is 0 Å². The van der Waals surface area contributed by atoms with Gasteiger partial charge < -0.3 is 5.32 Å². The predicted octanol–water partition coefficient (Wildman–Crippen LogP) is 4.58. The molecule has 0 saturated heterocycles. The lowest BCUT2D eigenvalue weighted by Gasteiger charge is -2.22. The molecule has 1 aromatic carbocycles. The van der Waals surface area contributed by atoms with Gasteiger partial charge in [-0.1, -0.05) is 12.8 Å². The van der Waals surface area contributed by atoms with Gasteiger partial charge in [0.05, 0.1) is 0 Å². The van der Waals surface area contributed by atoms with Crippen molar-refractivity contribution >= 4 is 21.6 Å². The Kier molecular flexibility index (Phi) is 3.85. The molecular weight excluding hydrogens is 269 g/mol. The van der Waals surface area contributed by atoms with E-state index in [0.717, 1.165) is 16.1 Å². The van der Waals surface area contributed by atoms with Gasteiger partial charge in [0.15, 0.2) is 0 Å². The topological polar surface area (TPSA) is 12.0 Å². The van der Waals surface area contributed by atoms with Crippen molar-refractivity contribution in [2.75, 3.05) is 5.32 Å². The Morgan fingerprint density at radius 3 is 2.69 bits per heavy atom. The van der Waals surface area contributed by atoms with Gasteiger partial charge in [0.25, 0.3) is 0 Å². The van der Waals surface area contributed by atoms with Crippen LogP contribution in [0, 0.1) is 11.7 Å². The summed E-state index contributed by atoms with van der Waals surface area (Å²) in [6.45, 7) is 2.21. The first-order chi connectivity index (χ1) is 7.66. The zero-order valence-corrected chi connectivity index (χ0v) is 11.1. The van der Waals surface area contributed by atoms with E-state index in [4.69, 9.17) is 0 Å². The molecule has 0 spiro atoms. The zero-order chi connectivity index (χ0) is 11.5. The van der Waals surface area contributed by atoms with Crippen LogP contribution in [0.2, 0.25) is 0 Å². The number of nitrogens with one attached hydrogen (secondary N) is 1. The lowest BCUT2D eigenvalue weighted by molar-refractivity contribution is 0.482. The highest BCUT2D eigenvalue weighted by Crippen LogP contribution is 2.31. The number of benzene rings is 1. The Labute approximate surface area is 105 Å². The van der Waals surface area contributed by atoms with Crippen LogP contribution in [0.5, 0.6) is 0 Å². The maximum atomic E-state index is 12.9. The van der Waals surface area contributed by atoms with E-state index >= 15 is 0 Å². The first-order valence-corrected chi connectivity index (χ1v) is 6.67. The van der Waals surface area contributed by atoms with E-state index in [1.54, 1.807) is 6.07 Å². The average molecular weight is 286 g/mol. The molecule has 0 radical (unpaired) electrons. The summed E-state index contributed by atoms with van der Waals surface area (Å²) in [5.74, 6) is 0.558. The molecule has 1 N–H and O–H groups in total. The second kappa shape index (κ2) is 5.17. The second-order valence-electron chi connectivity index (χ2n) is 4.60. The highest BCUT2D eigenvalue weighted by atomic mass is 79.9. The standard InChI is InChI=1S/C13H17BrFN/c1-9(10-4-2-3-5-10)16-13-7-6-11(15)8-12(13)14/h6-10,16H,2-5H2,1H3. The predicted molar refractivity (Wildman–Crippen MR) is 69.1 cm³/mol. The van der Waals surface area contributed by atoms with E-state index in [1.165, 1.54) is 37.8 Å². The molecule has 0 heterocycles. The summed E-state index contributed by atoms with van der Waals surface area (Å²) in [4.78, 5) is 0. The average Bonchev–Trinajstić information content (AvgIpc) is 2.75. The minimum atomic E-state index is -0.203. The minimum Gasteiger partial charge on any atom is -0.381 e. The van der Waals surface area contributed by atoms with Gasteiger partial charge >= 0.3 is 0 Å². The molecule has 3 heteroatoms. The molecule has 16 heavy (non-hydrogen) atoms. The van der Waals surface area contributed by atoms with E-state index in [0.29, 0.717) is 6.04 Å².